The van der Waals surface area contributed by atoms with E-state index in [1.54, 1.807) is 6.92 Å². The maximum atomic E-state index is 11.4. The zero-order valence-corrected chi connectivity index (χ0v) is 9.26. The van der Waals surface area contributed by atoms with Crippen LogP contribution in [0.15, 0.2) is 16.0 Å². The fourth-order valence-corrected chi connectivity index (χ4v) is 2.81. The summed E-state index contributed by atoms with van der Waals surface area (Å²) >= 11 is 1.37. The van der Waals surface area contributed by atoms with Crippen LogP contribution in [0.25, 0.3) is 0 Å². The van der Waals surface area contributed by atoms with Crippen molar-refractivity contribution in [2.24, 2.45) is 0 Å². The van der Waals surface area contributed by atoms with Gasteiger partial charge in [0.05, 0.1) is 5.25 Å². The van der Waals surface area contributed by atoms with Gasteiger partial charge in [0, 0.05) is 18.2 Å². The lowest BCUT2D eigenvalue weighted by molar-refractivity contribution is -0.116. The number of aromatic nitrogens is 2. The van der Waals surface area contributed by atoms with E-state index in [-0.39, 0.29) is 16.6 Å². The second kappa shape index (κ2) is 4.18. The van der Waals surface area contributed by atoms with Crippen molar-refractivity contribution in [2.45, 2.75) is 36.6 Å². The maximum absolute atomic E-state index is 11.4. The summed E-state index contributed by atoms with van der Waals surface area (Å²) in [5.41, 5.74) is 0.530. The van der Waals surface area contributed by atoms with Crippen molar-refractivity contribution in [1.29, 1.82) is 0 Å². The third-order valence-corrected chi connectivity index (χ3v) is 3.55. The smallest absolute Gasteiger partial charge is 0.251 e. The van der Waals surface area contributed by atoms with Crippen LogP contribution in [0.5, 0.6) is 0 Å². The lowest BCUT2D eigenvalue weighted by Crippen LogP contribution is -2.13. The number of aromatic amines is 1. The molecule has 5 heteroatoms. The zero-order valence-electron chi connectivity index (χ0n) is 8.45. The van der Waals surface area contributed by atoms with Crippen molar-refractivity contribution in [1.82, 2.24) is 9.97 Å². The van der Waals surface area contributed by atoms with Crippen molar-refractivity contribution >= 4 is 17.5 Å². The first-order chi connectivity index (χ1) is 7.15. The molecule has 80 valence electrons. The molecule has 1 saturated carbocycles. The molecule has 1 N–H and O–H groups in total. The Kier molecular flexibility index (Phi) is 2.90. The highest BCUT2D eigenvalue weighted by molar-refractivity contribution is 8.00. The van der Waals surface area contributed by atoms with E-state index in [0.29, 0.717) is 17.3 Å². The monoisotopic (exact) mass is 224 g/mol. The second-order valence-electron chi connectivity index (χ2n) is 3.66. The first kappa shape index (κ1) is 10.4. The number of Topliss-reactive ketones (excluding diaryl/α,β-unsaturated/α-hetero) is 1. The Labute approximate surface area is 91.5 Å². The molecule has 1 unspecified atom stereocenters. The SMILES string of the molecule is Cc1cc(=O)[nH]c(SC2CCCC2=O)n1. The Balaban J connectivity index is 2.16. The number of H-pyrrole nitrogens is 1. The molecule has 1 aliphatic carbocycles. The van der Waals surface area contributed by atoms with E-state index in [4.69, 9.17) is 0 Å². The van der Waals surface area contributed by atoms with Gasteiger partial charge in [-0.2, -0.15) is 0 Å². The number of aryl methyl sites for hydroxylation is 1. The lowest BCUT2D eigenvalue weighted by atomic mass is 10.3. The van der Waals surface area contributed by atoms with Gasteiger partial charge in [0.25, 0.3) is 5.56 Å². The maximum Gasteiger partial charge on any atom is 0.251 e. The van der Waals surface area contributed by atoms with Gasteiger partial charge >= 0.3 is 0 Å². The number of rotatable bonds is 2. The molecular formula is C10H12N2O2S. The minimum Gasteiger partial charge on any atom is -0.301 e. The Hall–Kier alpha value is -1.10. The first-order valence-electron chi connectivity index (χ1n) is 4.92. The summed E-state index contributed by atoms with van der Waals surface area (Å²) in [7, 11) is 0. The highest BCUT2D eigenvalue weighted by atomic mass is 32.2. The normalized spacial score (nSPS) is 20.9. The number of carbonyl (C=O) groups is 1. The van der Waals surface area contributed by atoms with Crippen LogP contribution >= 0.6 is 11.8 Å². The number of thioether (sulfide) groups is 1. The largest absolute Gasteiger partial charge is 0.301 e. The summed E-state index contributed by atoms with van der Waals surface area (Å²) in [6, 6.07) is 1.44. The van der Waals surface area contributed by atoms with Crippen LogP contribution in [0.1, 0.15) is 25.0 Å². The summed E-state index contributed by atoms with van der Waals surface area (Å²) in [4.78, 5) is 29.4. The van der Waals surface area contributed by atoms with Crippen LogP contribution in [0.2, 0.25) is 0 Å². The molecule has 0 radical (unpaired) electrons. The van der Waals surface area contributed by atoms with E-state index in [1.807, 2.05) is 0 Å². The number of carbonyl (C=O) groups excluding carboxylic acids is 1. The zero-order chi connectivity index (χ0) is 10.8. The summed E-state index contributed by atoms with van der Waals surface area (Å²) in [5, 5.41) is 0.537. The quantitative estimate of drug-likeness (QED) is 0.769. The van der Waals surface area contributed by atoms with Gasteiger partial charge in [0.2, 0.25) is 0 Å². The number of hydrogen-bond acceptors (Lipinski definition) is 4. The van der Waals surface area contributed by atoms with E-state index < -0.39 is 0 Å². The summed E-state index contributed by atoms with van der Waals surface area (Å²) < 4.78 is 0. The third kappa shape index (κ3) is 2.47. The predicted octanol–water partition coefficient (Wildman–Crippen LogP) is 1.29. The van der Waals surface area contributed by atoms with Crippen LogP contribution in [0.4, 0.5) is 0 Å². The van der Waals surface area contributed by atoms with Crippen LogP contribution in [0, 0.1) is 6.92 Å². The standard InChI is InChI=1S/C10H12N2O2S/c1-6-5-9(14)12-10(11-6)15-8-4-2-3-7(8)13/h5,8H,2-4H2,1H3,(H,11,12,14). The van der Waals surface area contributed by atoms with Crippen LogP contribution in [-0.2, 0) is 4.79 Å². The molecule has 0 spiro atoms. The van der Waals surface area contributed by atoms with Gasteiger partial charge in [-0.1, -0.05) is 11.8 Å². The molecule has 1 heterocycles. The van der Waals surface area contributed by atoms with Gasteiger partial charge in [0.15, 0.2) is 5.16 Å². The first-order valence-corrected chi connectivity index (χ1v) is 5.80. The highest BCUT2D eigenvalue weighted by Gasteiger charge is 2.26. The van der Waals surface area contributed by atoms with Crippen molar-refractivity contribution in [3.8, 4) is 0 Å². The Bertz CT molecular complexity index is 441. The molecule has 0 aliphatic heterocycles. The molecule has 0 saturated heterocycles. The predicted molar refractivity (Wildman–Crippen MR) is 58.1 cm³/mol. The molecule has 1 fully saturated rings. The van der Waals surface area contributed by atoms with E-state index >= 15 is 0 Å². The topological polar surface area (TPSA) is 62.8 Å². The molecule has 1 atom stereocenters. The number of ketones is 1. The second-order valence-corrected chi connectivity index (χ2v) is 4.85. The Morgan fingerprint density at radius 1 is 1.53 bits per heavy atom. The van der Waals surface area contributed by atoms with E-state index in [1.165, 1.54) is 17.8 Å². The number of nitrogens with one attached hydrogen (secondary N) is 1. The van der Waals surface area contributed by atoms with Gasteiger partial charge in [-0.25, -0.2) is 4.98 Å². The summed E-state index contributed by atoms with van der Waals surface area (Å²) in [6.07, 6.45) is 2.50. The van der Waals surface area contributed by atoms with Crippen molar-refractivity contribution in [3.63, 3.8) is 0 Å². The molecular weight excluding hydrogens is 212 g/mol. The van der Waals surface area contributed by atoms with Crippen molar-refractivity contribution in [2.75, 3.05) is 0 Å². The lowest BCUT2D eigenvalue weighted by Gasteiger charge is -2.06. The third-order valence-electron chi connectivity index (χ3n) is 2.35. The van der Waals surface area contributed by atoms with Gasteiger partial charge in [0.1, 0.15) is 5.78 Å². The Morgan fingerprint density at radius 2 is 2.33 bits per heavy atom. The average Bonchev–Trinajstić information content (AvgIpc) is 2.50. The van der Waals surface area contributed by atoms with E-state index in [0.717, 1.165) is 12.8 Å². The van der Waals surface area contributed by atoms with Crippen LogP contribution in [0.3, 0.4) is 0 Å². The molecule has 0 amide bonds. The fourth-order valence-electron chi connectivity index (χ4n) is 1.65. The summed E-state index contributed by atoms with van der Waals surface area (Å²) in [6.45, 7) is 1.77. The van der Waals surface area contributed by atoms with Crippen LogP contribution < -0.4 is 5.56 Å². The van der Waals surface area contributed by atoms with E-state index in [9.17, 15) is 9.59 Å². The van der Waals surface area contributed by atoms with Gasteiger partial charge in [-0.3, -0.25) is 9.59 Å². The fraction of sp³-hybridized carbons (Fsp3) is 0.500. The van der Waals surface area contributed by atoms with Crippen molar-refractivity contribution in [3.05, 3.63) is 22.1 Å². The molecule has 1 aromatic heterocycles. The molecule has 15 heavy (non-hydrogen) atoms. The van der Waals surface area contributed by atoms with Crippen LogP contribution in [-0.4, -0.2) is 21.0 Å². The number of nitrogens with zero attached hydrogens (tertiary/aromatic N) is 1. The summed E-state index contributed by atoms with van der Waals surface area (Å²) in [5.74, 6) is 0.268. The minimum atomic E-state index is -0.157. The van der Waals surface area contributed by atoms with Gasteiger partial charge in [-0.15, -0.1) is 0 Å². The minimum absolute atomic E-state index is 0.0186. The van der Waals surface area contributed by atoms with Gasteiger partial charge in [-0.05, 0) is 19.8 Å². The Morgan fingerprint density at radius 3 is 2.93 bits per heavy atom. The van der Waals surface area contributed by atoms with E-state index in [2.05, 4.69) is 9.97 Å². The number of hydrogen-bond donors (Lipinski definition) is 1. The average molecular weight is 224 g/mol. The molecule has 0 bridgehead atoms. The van der Waals surface area contributed by atoms with Gasteiger partial charge < -0.3 is 4.98 Å². The molecule has 4 nitrogen and oxygen atoms in total. The van der Waals surface area contributed by atoms with Crippen molar-refractivity contribution < 1.29 is 4.79 Å². The molecule has 2 rings (SSSR count). The molecule has 0 aromatic carbocycles. The highest BCUT2D eigenvalue weighted by Crippen LogP contribution is 2.29. The molecule has 1 aromatic rings. The molecule has 1 aliphatic rings.